The summed E-state index contributed by atoms with van der Waals surface area (Å²) < 4.78 is 51.5. The highest BCUT2D eigenvalue weighted by Crippen LogP contribution is 2.33. The Kier molecular flexibility index (Phi) is 5.97. The number of hydrogen-bond donors (Lipinski definition) is 2. The van der Waals surface area contributed by atoms with Gasteiger partial charge in [-0.3, -0.25) is 10.1 Å². The smallest absolute Gasteiger partial charge is 0.435 e. The molecule has 8 nitrogen and oxygen atoms in total. The molecule has 3 N–H and O–H groups in total. The molecule has 0 spiro atoms. The second-order valence-corrected chi connectivity index (χ2v) is 7.00. The van der Waals surface area contributed by atoms with E-state index < -0.39 is 24.4 Å². The fourth-order valence-corrected chi connectivity index (χ4v) is 3.07. The van der Waals surface area contributed by atoms with Crippen molar-refractivity contribution in [2.24, 2.45) is 0 Å². The van der Waals surface area contributed by atoms with Crippen LogP contribution in [0.1, 0.15) is 11.3 Å². The van der Waals surface area contributed by atoms with Crippen LogP contribution in [-0.2, 0) is 11.0 Å². The number of carbonyl (C=O) groups is 1. The lowest BCUT2D eigenvalue weighted by Crippen LogP contribution is -2.21. The lowest BCUT2D eigenvalue weighted by Gasteiger charge is -2.10. The number of aromatic nitrogens is 2. The van der Waals surface area contributed by atoms with Crippen LogP contribution in [0.25, 0.3) is 17.0 Å². The SMILES string of the molecule is N#Cc1cc(-c2ccccc2)oc1NC(=O)COc1cc(C(F)(F)F)nn1-c1ccccc1N. The number of para-hydroxylation sites is 2. The van der Waals surface area contributed by atoms with Crippen molar-refractivity contribution < 1.29 is 27.1 Å². The third-order valence-corrected chi connectivity index (χ3v) is 4.65. The quantitative estimate of drug-likeness (QED) is 0.399. The first-order valence-corrected chi connectivity index (χ1v) is 9.80. The van der Waals surface area contributed by atoms with E-state index in [1.165, 1.54) is 18.2 Å². The molecule has 0 aliphatic heterocycles. The summed E-state index contributed by atoms with van der Waals surface area (Å²) in [6, 6.07) is 19.1. The zero-order valence-corrected chi connectivity index (χ0v) is 17.3. The zero-order chi connectivity index (χ0) is 24.3. The number of rotatable bonds is 6. The maximum absolute atomic E-state index is 13.2. The molecular formula is C23H16F3N5O3. The average Bonchev–Trinajstić information content (AvgIpc) is 3.43. The number of furan rings is 1. The fourth-order valence-electron chi connectivity index (χ4n) is 3.07. The van der Waals surface area contributed by atoms with Crippen LogP contribution >= 0.6 is 0 Å². The molecule has 0 atom stereocenters. The number of ether oxygens (including phenoxy) is 1. The molecule has 2 aromatic carbocycles. The summed E-state index contributed by atoms with van der Waals surface area (Å²) in [5.41, 5.74) is 5.74. The summed E-state index contributed by atoms with van der Waals surface area (Å²) in [5.74, 6) is -0.842. The van der Waals surface area contributed by atoms with Gasteiger partial charge in [-0.1, -0.05) is 42.5 Å². The molecule has 11 heteroatoms. The van der Waals surface area contributed by atoms with Gasteiger partial charge in [0.2, 0.25) is 11.8 Å². The second-order valence-electron chi connectivity index (χ2n) is 7.00. The van der Waals surface area contributed by atoms with Crippen molar-refractivity contribution in [3.8, 4) is 29.0 Å². The van der Waals surface area contributed by atoms with Crippen molar-refractivity contribution in [1.82, 2.24) is 9.78 Å². The third kappa shape index (κ3) is 4.71. The number of amides is 1. The molecule has 1 amide bonds. The fraction of sp³-hybridized carbons (Fsp3) is 0.0870. The summed E-state index contributed by atoms with van der Waals surface area (Å²) in [6.07, 6.45) is -4.74. The Bertz CT molecular complexity index is 1370. The number of nitrogens with two attached hydrogens (primary N) is 1. The van der Waals surface area contributed by atoms with Gasteiger partial charge in [0, 0.05) is 17.7 Å². The second kappa shape index (κ2) is 9.03. The molecule has 4 aromatic rings. The Hall–Kier alpha value is -4.72. The molecule has 34 heavy (non-hydrogen) atoms. The minimum atomic E-state index is -4.74. The first-order chi connectivity index (χ1) is 16.3. The van der Waals surface area contributed by atoms with Crippen molar-refractivity contribution in [3.63, 3.8) is 0 Å². The van der Waals surface area contributed by atoms with Crippen molar-refractivity contribution in [3.05, 3.63) is 78.0 Å². The van der Waals surface area contributed by atoms with Gasteiger partial charge >= 0.3 is 6.18 Å². The average molecular weight is 467 g/mol. The Morgan fingerprint density at radius 3 is 2.53 bits per heavy atom. The molecule has 2 heterocycles. The highest BCUT2D eigenvalue weighted by molar-refractivity contribution is 5.92. The number of halogens is 3. The molecule has 4 rings (SSSR count). The van der Waals surface area contributed by atoms with Crippen LogP contribution < -0.4 is 15.8 Å². The van der Waals surface area contributed by atoms with E-state index in [1.807, 2.05) is 12.1 Å². The summed E-state index contributed by atoms with van der Waals surface area (Å²) in [6.45, 7) is -0.679. The summed E-state index contributed by atoms with van der Waals surface area (Å²) in [5, 5.41) is 15.3. The van der Waals surface area contributed by atoms with E-state index in [0.29, 0.717) is 17.4 Å². The number of hydrogen-bond acceptors (Lipinski definition) is 6. The Morgan fingerprint density at radius 2 is 1.85 bits per heavy atom. The number of anilines is 2. The van der Waals surface area contributed by atoms with E-state index in [-0.39, 0.29) is 28.7 Å². The van der Waals surface area contributed by atoms with E-state index in [0.717, 1.165) is 4.68 Å². The molecule has 0 bridgehead atoms. The number of nitriles is 1. The van der Waals surface area contributed by atoms with Crippen molar-refractivity contribution in [2.45, 2.75) is 6.18 Å². The Morgan fingerprint density at radius 1 is 1.15 bits per heavy atom. The molecule has 2 aromatic heterocycles. The number of nitrogens with zero attached hydrogens (tertiary/aromatic N) is 3. The molecule has 172 valence electrons. The lowest BCUT2D eigenvalue weighted by molar-refractivity contribution is -0.141. The van der Waals surface area contributed by atoms with Crippen LogP contribution in [0, 0.1) is 11.3 Å². The summed E-state index contributed by atoms with van der Waals surface area (Å²) >= 11 is 0. The molecule has 0 saturated carbocycles. The first-order valence-electron chi connectivity index (χ1n) is 9.80. The zero-order valence-electron chi connectivity index (χ0n) is 17.3. The van der Waals surface area contributed by atoms with Gasteiger partial charge in [-0.2, -0.15) is 28.2 Å². The van der Waals surface area contributed by atoms with E-state index >= 15 is 0 Å². The molecule has 0 fully saturated rings. The van der Waals surface area contributed by atoms with E-state index in [4.69, 9.17) is 14.9 Å². The van der Waals surface area contributed by atoms with Crippen LogP contribution in [0.3, 0.4) is 0 Å². The largest absolute Gasteiger partial charge is 0.467 e. The van der Waals surface area contributed by atoms with Gasteiger partial charge in [-0.15, -0.1) is 0 Å². The summed E-state index contributed by atoms with van der Waals surface area (Å²) in [7, 11) is 0. The molecule has 0 radical (unpaired) electrons. The van der Waals surface area contributed by atoms with Crippen LogP contribution in [0.2, 0.25) is 0 Å². The van der Waals surface area contributed by atoms with Crippen LogP contribution in [0.4, 0.5) is 24.7 Å². The maximum atomic E-state index is 13.2. The predicted octanol–water partition coefficient (Wildman–Crippen LogP) is 4.62. The standard InChI is InChI=1S/C23H16F3N5O3/c24-23(25,26)19-11-21(31(30-19)17-9-5-4-8-16(17)28)33-13-20(32)29-22-15(12-27)10-18(34-22)14-6-2-1-3-7-14/h1-11H,13,28H2,(H,29,32). The van der Waals surface area contributed by atoms with E-state index in [1.54, 1.807) is 36.4 Å². The van der Waals surface area contributed by atoms with Crippen LogP contribution in [-0.4, -0.2) is 22.3 Å². The monoisotopic (exact) mass is 467 g/mol. The van der Waals surface area contributed by atoms with E-state index in [9.17, 15) is 23.2 Å². The molecule has 0 saturated heterocycles. The normalized spacial score (nSPS) is 11.1. The highest BCUT2D eigenvalue weighted by atomic mass is 19.4. The van der Waals surface area contributed by atoms with Gasteiger partial charge in [-0.05, 0) is 12.1 Å². The van der Waals surface area contributed by atoms with Gasteiger partial charge in [-0.25, -0.2) is 0 Å². The number of nitrogens with one attached hydrogen (secondary N) is 1. The van der Waals surface area contributed by atoms with Gasteiger partial charge in [0.05, 0.1) is 11.4 Å². The molecular weight excluding hydrogens is 451 g/mol. The number of benzene rings is 2. The maximum Gasteiger partial charge on any atom is 0.435 e. The number of nitrogen functional groups attached to an aromatic ring is 1. The lowest BCUT2D eigenvalue weighted by atomic mass is 10.1. The van der Waals surface area contributed by atoms with E-state index in [2.05, 4.69) is 10.4 Å². The highest BCUT2D eigenvalue weighted by Gasteiger charge is 2.36. The van der Waals surface area contributed by atoms with Crippen molar-refractivity contribution >= 4 is 17.5 Å². The minimum absolute atomic E-state index is 0.0775. The van der Waals surface area contributed by atoms with Gasteiger partial charge < -0.3 is 14.9 Å². The molecule has 0 aliphatic carbocycles. The first kappa shape index (κ1) is 22.5. The molecule has 0 unspecified atom stereocenters. The van der Waals surface area contributed by atoms with Crippen molar-refractivity contribution in [1.29, 1.82) is 5.26 Å². The van der Waals surface area contributed by atoms with Crippen molar-refractivity contribution in [2.75, 3.05) is 17.7 Å². The van der Waals surface area contributed by atoms with Crippen LogP contribution in [0.15, 0.2) is 71.1 Å². The predicted molar refractivity (Wildman–Crippen MR) is 116 cm³/mol. The van der Waals surface area contributed by atoms with Gasteiger partial charge in [0.1, 0.15) is 17.4 Å². The number of carbonyl (C=O) groups excluding carboxylic acids is 1. The minimum Gasteiger partial charge on any atom is -0.467 e. The molecule has 0 aliphatic rings. The third-order valence-electron chi connectivity index (χ3n) is 4.65. The summed E-state index contributed by atoms with van der Waals surface area (Å²) in [4.78, 5) is 12.4. The van der Waals surface area contributed by atoms with Crippen LogP contribution in [0.5, 0.6) is 5.88 Å². The number of alkyl halides is 3. The van der Waals surface area contributed by atoms with Gasteiger partial charge in [0.15, 0.2) is 12.3 Å². The Balaban J connectivity index is 1.54. The topological polar surface area (TPSA) is 119 Å². The van der Waals surface area contributed by atoms with Gasteiger partial charge in [0.25, 0.3) is 5.91 Å². The Labute approximate surface area is 191 Å².